The van der Waals surface area contributed by atoms with Crippen LogP contribution in [0.1, 0.15) is 25.7 Å². The highest BCUT2D eigenvalue weighted by atomic mass is 16.5. The van der Waals surface area contributed by atoms with E-state index in [0.29, 0.717) is 13.2 Å². The van der Waals surface area contributed by atoms with Gasteiger partial charge >= 0.3 is 11.8 Å². The minimum absolute atomic E-state index is 0.0211. The van der Waals surface area contributed by atoms with E-state index >= 15 is 0 Å². The summed E-state index contributed by atoms with van der Waals surface area (Å²) in [5.74, 6) is -1.23. The molecule has 1 saturated carbocycles. The molecule has 2 atom stereocenters. The summed E-state index contributed by atoms with van der Waals surface area (Å²) < 4.78 is 5.65. The number of carbonyl (C=O) groups is 2. The zero-order valence-electron chi connectivity index (χ0n) is 10.2. The molecule has 2 unspecified atom stereocenters. The van der Waals surface area contributed by atoms with Crippen molar-refractivity contribution in [3.05, 3.63) is 0 Å². The number of fused-ring (bicyclic) bond motifs is 1. The SMILES string of the molecule is N#CCNC(=O)C(=O)N1CCOC2CCCCC21. The second-order valence-corrected chi connectivity index (χ2v) is 4.60. The van der Waals surface area contributed by atoms with Crippen LogP contribution in [-0.2, 0) is 14.3 Å². The topological polar surface area (TPSA) is 82.4 Å². The fourth-order valence-electron chi connectivity index (χ4n) is 2.67. The number of nitrogens with one attached hydrogen (secondary N) is 1. The van der Waals surface area contributed by atoms with Crippen LogP contribution in [0.25, 0.3) is 0 Å². The molecule has 0 aromatic rings. The minimum atomic E-state index is -0.692. The summed E-state index contributed by atoms with van der Waals surface area (Å²) >= 11 is 0. The van der Waals surface area contributed by atoms with Crippen molar-refractivity contribution in [2.75, 3.05) is 19.7 Å². The van der Waals surface area contributed by atoms with Crippen molar-refractivity contribution in [3.8, 4) is 6.07 Å². The van der Waals surface area contributed by atoms with Crippen LogP contribution in [0, 0.1) is 11.3 Å². The lowest BCUT2D eigenvalue weighted by Crippen LogP contribution is -2.57. The predicted molar refractivity (Wildman–Crippen MR) is 62.3 cm³/mol. The van der Waals surface area contributed by atoms with Crippen LogP contribution < -0.4 is 5.32 Å². The van der Waals surface area contributed by atoms with Crippen molar-refractivity contribution in [1.82, 2.24) is 10.2 Å². The van der Waals surface area contributed by atoms with Gasteiger partial charge in [-0.3, -0.25) is 9.59 Å². The van der Waals surface area contributed by atoms with Gasteiger partial charge in [-0.05, 0) is 12.8 Å². The van der Waals surface area contributed by atoms with Crippen LogP contribution in [-0.4, -0.2) is 48.6 Å². The van der Waals surface area contributed by atoms with Crippen LogP contribution in [0.2, 0.25) is 0 Å². The van der Waals surface area contributed by atoms with Crippen molar-refractivity contribution in [2.45, 2.75) is 37.8 Å². The molecule has 1 heterocycles. The van der Waals surface area contributed by atoms with E-state index in [0.717, 1.165) is 25.7 Å². The summed E-state index contributed by atoms with van der Waals surface area (Å²) in [5.41, 5.74) is 0. The highest BCUT2D eigenvalue weighted by Gasteiger charge is 2.38. The first kappa shape index (κ1) is 12.8. The van der Waals surface area contributed by atoms with Crippen molar-refractivity contribution >= 4 is 11.8 Å². The van der Waals surface area contributed by atoms with Crippen LogP contribution in [0.3, 0.4) is 0 Å². The van der Waals surface area contributed by atoms with E-state index in [1.54, 1.807) is 11.0 Å². The molecular formula is C12H17N3O3. The molecule has 2 rings (SSSR count). The van der Waals surface area contributed by atoms with Gasteiger partial charge in [-0.2, -0.15) is 5.26 Å². The summed E-state index contributed by atoms with van der Waals surface area (Å²) in [4.78, 5) is 25.2. The fraction of sp³-hybridized carbons (Fsp3) is 0.750. The molecule has 1 saturated heterocycles. The number of ether oxygens (including phenoxy) is 1. The average molecular weight is 251 g/mol. The highest BCUT2D eigenvalue weighted by Crippen LogP contribution is 2.28. The normalized spacial score (nSPS) is 26.9. The molecule has 0 bridgehead atoms. The Hall–Kier alpha value is -1.61. The molecule has 0 aromatic heterocycles. The van der Waals surface area contributed by atoms with E-state index in [-0.39, 0.29) is 18.7 Å². The van der Waals surface area contributed by atoms with Crippen LogP contribution >= 0.6 is 0 Å². The molecule has 6 nitrogen and oxygen atoms in total. The summed E-state index contributed by atoms with van der Waals surface area (Å²) in [6.45, 7) is 0.807. The van der Waals surface area contributed by atoms with Gasteiger partial charge in [0.15, 0.2) is 0 Å². The molecule has 1 aliphatic carbocycles. The Kier molecular flexibility index (Phi) is 4.15. The Bertz CT molecular complexity index is 375. The van der Waals surface area contributed by atoms with Crippen molar-refractivity contribution in [2.24, 2.45) is 0 Å². The summed E-state index contributed by atoms with van der Waals surface area (Å²) in [6, 6.07) is 1.81. The van der Waals surface area contributed by atoms with Crippen molar-refractivity contribution < 1.29 is 14.3 Å². The van der Waals surface area contributed by atoms with E-state index in [4.69, 9.17) is 10.00 Å². The first-order chi connectivity index (χ1) is 8.74. The lowest BCUT2D eigenvalue weighted by atomic mass is 9.90. The Morgan fingerprint density at radius 1 is 1.39 bits per heavy atom. The van der Waals surface area contributed by atoms with Crippen LogP contribution in [0.15, 0.2) is 0 Å². The van der Waals surface area contributed by atoms with Crippen molar-refractivity contribution in [3.63, 3.8) is 0 Å². The van der Waals surface area contributed by atoms with E-state index in [2.05, 4.69) is 5.32 Å². The molecule has 18 heavy (non-hydrogen) atoms. The third kappa shape index (κ3) is 2.62. The lowest BCUT2D eigenvalue weighted by Gasteiger charge is -2.43. The average Bonchev–Trinajstić information content (AvgIpc) is 2.43. The summed E-state index contributed by atoms with van der Waals surface area (Å²) in [6.07, 6.45) is 4.09. The molecule has 0 radical (unpaired) electrons. The maximum Gasteiger partial charge on any atom is 0.312 e. The number of nitriles is 1. The third-order valence-electron chi connectivity index (χ3n) is 3.52. The smallest absolute Gasteiger partial charge is 0.312 e. The maximum atomic E-state index is 12.0. The van der Waals surface area contributed by atoms with E-state index in [1.807, 2.05) is 0 Å². The Balaban J connectivity index is 2.00. The molecule has 2 aliphatic rings. The number of nitrogens with zero attached hydrogens (tertiary/aromatic N) is 2. The molecule has 0 aromatic carbocycles. The standard InChI is InChI=1S/C12H17N3O3/c13-5-6-14-11(16)12(17)15-7-8-18-10-4-2-1-3-9(10)15/h9-10H,1-4,6-8H2,(H,14,16). The van der Waals surface area contributed by atoms with Gasteiger partial charge in [0.05, 0.1) is 24.8 Å². The van der Waals surface area contributed by atoms with Gasteiger partial charge in [0, 0.05) is 6.54 Å². The molecule has 98 valence electrons. The number of amides is 2. The number of hydrogen-bond acceptors (Lipinski definition) is 4. The van der Waals surface area contributed by atoms with Gasteiger partial charge in [0.25, 0.3) is 0 Å². The van der Waals surface area contributed by atoms with Gasteiger partial charge < -0.3 is 15.0 Å². The van der Waals surface area contributed by atoms with Crippen molar-refractivity contribution in [1.29, 1.82) is 5.26 Å². The van der Waals surface area contributed by atoms with Gasteiger partial charge in [0.2, 0.25) is 0 Å². The van der Waals surface area contributed by atoms with Crippen LogP contribution in [0.5, 0.6) is 0 Å². The first-order valence-corrected chi connectivity index (χ1v) is 6.31. The molecule has 6 heteroatoms. The Morgan fingerprint density at radius 2 is 2.17 bits per heavy atom. The monoisotopic (exact) mass is 251 g/mol. The molecule has 1 aliphatic heterocycles. The largest absolute Gasteiger partial charge is 0.374 e. The van der Waals surface area contributed by atoms with E-state index < -0.39 is 11.8 Å². The zero-order valence-corrected chi connectivity index (χ0v) is 10.2. The minimum Gasteiger partial charge on any atom is -0.374 e. The van der Waals surface area contributed by atoms with Crippen LogP contribution in [0.4, 0.5) is 0 Å². The Morgan fingerprint density at radius 3 is 2.94 bits per heavy atom. The van der Waals surface area contributed by atoms with Gasteiger partial charge in [-0.1, -0.05) is 12.8 Å². The predicted octanol–water partition coefficient (Wildman–Crippen LogP) is -0.204. The molecule has 2 amide bonds. The zero-order chi connectivity index (χ0) is 13.0. The molecular weight excluding hydrogens is 234 g/mol. The number of morpholine rings is 1. The first-order valence-electron chi connectivity index (χ1n) is 6.31. The number of hydrogen-bond donors (Lipinski definition) is 1. The van der Waals surface area contributed by atoms with Gasteiger partial charge in [0.1, 0.15) is 6.54 Å². The fourth-order valence-corrected chi connectivity index (χ4v) is 2.67. The van der Waals surface area contributed by atoms with Gasteiger partial charge in [-0.25, -0.2) is 0 Å². The lowest BCUT2D eigenvalue weighted by molar-refractivity contribution is -0.157. The summed E-state index contributed by atoms with van der Waals surface area (Å²) in [7, 11) is 0. The number of rotatable bonds is 1. The highest BCUT2D eigenvalue weighted by molar-refractivity contribution is 6.35. The number of carbonyl (C=O) groups excluding carboxylic acids is 2. The van der Waals surface area contributed by atoms with Gasteiger partial charge in [-0.15, -0.1) is 0 Å². The maximum absolute atomic E-state index is 12.0. The molecule has 1 N–H and O–H groups in total. The summed E-state index contributed by atoms with van der Waals surface area (Å²) in [5, 5.41) is 10.7. The van der Waals surface area contributed by atoms with E-state index in [1.165, 1.54) is 0 Å². The van der Waals surface area contributed by atoms with E-state index in [9.17, 15) is 9.59 Å². The third-order valence-corrected chi connectivity index (χ3v) is 3.52. The Labute approximate surface area is 106 Å². The molecule has 2 fully saturated rings. The quantitative estimate of drug-likeness (QED) is 0.516. The second-order valence-electron chi connectivity index (χ2n) is 4.60. The molecule has 0 spiro atoms. The second kappa shape index (κ2) is 5.83.